The second-order valence-electron chi connectivity index (χ2n) is 10.3. The van der Waals surface area contributed by atoms with Gasteiger partial charge in [-0.1, -0.05) is 54.3 Å². The van der Waals surface area contributed by atoms with Crippen LogP contribution in [-0.2, 0) is 9.59 Å². The summed E-state index contributed by atoms with van der Waals surface area (Å²) >= 11 is 0. The Bertz CT molecular complexity index is 1260. The fourth-order valence-corrected chi connectivity index (χ4v) is 6.51. The molecule has 0 unspecified atom stereocenters. The highest BCUT2D eigenvalue weighted by atomic mass is 19.1. The van der Waals surface area contributed by atoms with Crippen LogP contribution in [0.25, 0.3) is 0 Å². The van der Waals surface area contributed by atoms with Crippen LogP contribution in [-0.4, -0.2) is 35.7 Å². The van der Waals surface area contributed by atoms with Crippen LogP contribution >= 0.6 is 0 Å². The molecule has 3 amide bonds. The first-order valence-corrected chi connectivity index (χ1v) is 12.9. The topological polar surface area (TPSA) is 92.5 Å². The summed E-state index contributed by atoms with van der Waals surface area (Å²) in [4.78, 5) is 40.5. The Hall–Kier alpha value is -3.55. The Kier molecular flexibility index (Phi) is 6.84. The van der Waals surface area contributed by atoms with Gasteiger partial charge in [0.1, 0.15) is 17.7 Å². The van der Waals surface area contributed by atoms with Crippen molar-refractivity contribution in [2.24, 2.45) is 17.1 Å². The third kappa shape index (κ3) is 4.65. The van der Waals surface area contributed by atoms with Gasteiger partial charge < -0.3 is 16.0 Å². The van der Waals surface area contributed by atoms with E-state index in [1.54, 1.807) is 29.2 Å². The van der Waals surface area contributed by atoms with Crippen molar-refractivity contribution in [1.29, 1.82) is 0 Å². The van der Waals surface area contributed by atoms with E-state index in [-0.39, 0.29) is 22.8 Å². The minimum absolute atomic E-state index is 0.130. The molecule has 5 rings (SSSR count). The van der Waals surface area contributed by atoms with Crippen molar-refractivity contribution in [3.63, 3.8) is 0 Å². The first kappa shape index (κ1) is 25.1. The molecule has 0 saturated heterocycles. The third-order valence-corrected chi connectivity index (χ3v) is 8.24. The first-order chi connectivity index (χ1) is 17.8. The van der Waals surface area contributed by atoms with Crippen molar-refractivity contribution in [3.05, 3.63) is 82.4 Å². The van der Waals surface area contributed by atoms with Gasteiger partial charge in [0.25, 0.3) is 5.91 Å². The van der Waals surface area contributed by atoms with Gasteiger partial charge in [-0.15, -0.1) is 0 Å². The minimum atomic E-state index is -0.896. The van der Waals surface area contributed by atoms with Gasteiger partial charge in [-0.25, -0.2) is 8.78 Å². The molecule has 2 aliphatic carbocycles. The number of nitrogens with two attached hydrogens (primary N) is 1. The lowest BCUT2D eigenvalue weighted by atomic mass is 9.70. The quantitative estimate of drug-likeness (QED) is 0.587. The summed E-state index contributed by atoms with van der Waals surface area (Å²) < 4.78 is 27.6. The molecule has 0 aromatic heterocycles. The van der Waals surface area contributed by atoms with E-state index in [0.29, 0.717) is 31.5 Å². The summed E-state index contributed by atoms with van der Waals surface area (Å²) in [6, 6.07) is 11.1. The molecule has 0 radical (unpaired) electrons. The monoisotopic (exact) mass is 507 g/mol. The number of carbonyl (C=O) groups excluding carboxylic acids is 3. The van der Waals surface area contributed by atoms with Gasteiger partial charge >= 0.3 is 0 Å². The zero-order chi connectivity index (χ0) is 26.2. The highest BCUT2D eigenvalue weighted by molar-refractivity contribution is 5.94. The molecule has 1 saturated carbocycles. The number of hydrogen-bond acceptors (Lipinski definition) is 3. The summed E-state index contributed by atoms with van der Waals surface area (Å²) in [5.41, 5.74) is 8.40. The number of nitrogens with one attached hydrogen (secondary N) is 1. The number of rotatable bonds is 5. The standard InChI is InChI=1S/C29H31F2N3O3/c30-19-11-12-20(24(31)17-19)28(37)34-15-6-10-21-22(13-16-34)29(21)14-5-4-9-23(29)27(36)33-25(26(32)35)18-7-2-1-3-8-18/h1-3,7-8,11-12,17,23,25H,4-6,9-10,13-16H2,(H2,32,35)(H,33,36)/t23-,25-,29-/m0/s1. The number of allylic oxidation sites excluding steroid dienone is 1. The molecule has 3 atom stereocenters. The summed E-state index contributed by atoms with van der Waals surface area (Å²) in [7, 11) is 0. The number of fused-ring (bicyclic) bond motifs is 2. The smallest absolute Gasteiger partial charge is 0.256 e. The predicted molar refractivity (Wildman–Crippen MR) is 134 cm³/mol. The van der Waals surface area contributed by atoms with Gasteiger partial charge in [-0.05, 0) is 49.8 Å². The summed E-state index contributed by atoms with van der Waals surface area (Å²) in [6.45, 7) is 0.885. The number of hydrogen-bond donors (Lipinski definition) is 2. The van der Waals surface area contributed by atoms with Crippen molar-refractivity contribution in [1.82, 2.24) is 10.2 Å². The Morgan fingerprint density at radius 1 is 0.973 bits per heavy atom. The number of nitrogens with zero attached hydrogens (tertiary/aromatic N) is 1. The van der Waals surface area contributed by atoms with Crippen LogP contribution in [0.4, 0.5) is 8.78 Å². The van der Waals surface area contributed by atoms with Gasteiger partial charge in [0.05, 0.1) is 11.5 Å². The second kappa shape index (κ2) is 10.1. The molecule has 6 nitrogen and oxygen atoms in total. The molecular weight excluding hydrogens is 476 g/mol. The van der Waals surface area contributed by atoms with Crippen LogP contribution in [0.5, 0.6) is 0 Å². The van der Waals surface area contributed by atoms with Crippen LogP contribution < -0.4 is 11.1 Å². The van der Waals surface area contributed by atoms with Gasteiger partial charge in [0, 0.05) is 24.6 Å². The van der Waals surface area contributed by atoms with E-state index >= 15 is 0 Å². The molecule has 3 aliphatic rings. The lowest BCUT2D eigenvalue weighted by Gasteiger charge is -2.35. The van der Waals surface area contributed by atoms with Gasteiger partial charge in [0.15, 0.2) is 0 Å². The van der Waals surface area contributed by atoms with Crippen LogP contribution in [0.2, 0.25) is 0 Å². The molecule has 8 heteroatoms. The van der Waals surface area contributed by atoms with Gasteiger partial charge in [-0.2, -0.15) is 0 Å². The Morgan fingerprint density at radius 3 is 2.46 bits per heavy atom. The first-order valence-electron chi connectivity index (χ1n) is 12.9. The second-order valence-corrected chi connectivity index (χ2v) is 10.3. The van der Waals surface area contributed by atoms with Crippen LogP contribution in [0.15, 0.2) is 59.7 Å². The van der Waals surface area contributed by atoms with Crippen LogP contribution in [0, 0.1) is 23.0 Å². The van der Waals surface area contributed by atoms with Crippen LogP contribution in [0.1, 0.15) is 66.9 Å². The molecule has 1 fully saturated rings. The fourth-order valence-electron chi connectivity index (χ4n) is 6.51. The van der Waals surface area contributed by atoms with Crippen molar-refractivity contribution in [2.45, 2.75) is 51.0 Å². The molecule has 37 heavy (non-hydrogen) atoms. The maximum absolute atomic E-state index is 14.3. The number of primary amides is 1. The van der Waals surface area contributed by atoms with Crippen LogP contribution in [0.3, 0.4) is 0 Å². The number of halogens is 2. The summed E-state index contributed by atoms with van der Waals surface area (Å²) in [5, 5.41) is 2.92. The summed E-state index contributed by atoms with van der Waals surface area (Å²) in [6.07, 6.45) is 5.64. The van der Waals surface area contributed by atoms with Crippen molar-refractivity contribution in [3.8, 4) is 0 Å². The predicted octanol–water partition coefficient (Wildman–Crippen LogP) is 4.42. The molecule has 1 spiro atoms. The summed E-state index contributed by atoms with van der Waals surface area (Å²) in [5.74, 6) is -3.07. The number of benzene rings is 2. The molecule has 2 aromatic carbocycles. The van der Waals surface area contributed by atoms with E-state index in [4.69, 9.17) is 5.73 Å². The molecular formula is C29H31F2N3O3. The molecule has 1 heterocycles. The minimum Gasteiger partial charge on any atom is -0.368 e. The lowest BCUT2D eigenvalue weighted by Crippen LogP contribution is -2.44. The van der Waals surface area contributed by atoms with E-state index in [0.717, 1.165) is 44.2 Å². The average molecular weight is 508 g/mol. The van der Waals surface area contributed by atoms with Gasteiger partial charge in [0.2, 0.25) is 11.8 Å². The van der Waals surface area contributed by atoms with E-state index in [2.05, 4.69) is 5.32 Å². The average Bonchev–Trinajstić information content (AvgIpc) is 3.44. The maximum Gasteiger partial charge on any atom is 0.256 e. The van der Waals surface area contributed by atoms with Crippen molar-refractivity contribution >= 4 is 17.7 Å². The van der Waals surface area contributed by atoms with E-state index in [9.17, 15) is 23.2 Å². The zero-order valence-electron chi connectivity index (χ0n) is 20.6. The Labute approximate surface area is 214 Å². The normalized spacial score (nSPS) is 24.1. The largest absolute Gasteiger partial charge is 0.368 e. The highest BCUT2D eigenvalue weighted by Crippen LogP contribution is 2.67. The fraction of sp³-hybridized carbons (Fsp3) is 0.414. The molecule has 3 N–H and O–H groups in total. The Balaban J connectivity index is 1.31. The van der Waals surface area contributed by atoms with E-state index < -0.39 is 29.5 Å². The molecule has 2 aromatic rings. The van der Waals surface area contributed by atoms with Crippen molar-refractivity contribution < 1.29 is 23.2 Å². The number of amides is 3. The SMILES string of the molecule is NC(=O)[C@@H](NC(=O)[C@@H]1CCCC[C@@]12C1=C2CCN(C(=O)c2ccc(F)cc2F)CCC1)c1ccccc1. The Morgan fingerprint density at radius 2 is 1.73 bits per heavy atom. The van der Waals surface area contributed by atoms with E-state index in [1.165, 1.54) is 17.2 Å². The molecule has 1 aliphatic heterocycles. The number of carbonyl (C=O) groups is 3. The third-order valence-electron chi connectivity index (χ3n) is 8.24. The maximum atomic E-state index is 14.3. The highest BCUT2D eigenvalue weighted by Gasteiger charge is 2.59. The molecule has 194 valence electrons. The lowest BCUT2D eigenvalue weighted by molar-refractivity contribution is -0.132. The zero-order valence-corrected chi connectivity index (χ0v) is 20.6. The van der Waals surface area contributed by atoms with Gasteiger partial charge in [-0.3, -0.25) is 14.4 Å². The van der Waals surface area contributed by atoms with Crippen molar-refractivity contribution in [2.75, 3.05) is 13.1 Å². The van der Waals surface area contributed by atoms with E-state index in [1.807, 2.05) is 6.07 Å². The molecule has 0 bridgehead atoms.